The van der Waals surface area contributed by atoms with Crippen LogP contribution in [0.5, 0.6) is 0 Å². The van der Waals surface area contributed by atoms with Crippen LogP contribution in [0.1, 0.15) is 42.7 Å². The Morgan fingerprint density at radius 3 is 2.36 bits per heavy atom. The van der Waals surface area contributed by atoms with Crippen LogP contribution < -0.4 is 5.73 Å². The minimum absolute atomic E-state index is 0.454. The first-order valence-electron chi connectivity index (χ1n) is 5.58. The van der Waals surface area contributed by atoms with E-state index in [0.29, 0.717) is 6.04 Å². The molecule has 0 saturated heterocycles. The van der Waals surface area contributed by atoms with Gasteiger partial charge in [-0.25, -0.2) is 0 Å². The van der Waals surface area contributed by atoms with E-state index in [1.54, 1.807) is 5.56 Å². The Morgan fingerprint density at radius 1 is 1.07 bits per heavy atom. The molecule has 1 aromatic carbocycles. The van der Waals surface area contributed by atoms with Crippen molar-refractivity contribution < 1.29 is 0 Å². The zero-order valence-corrected chi connectivity index (χ0v) is 8.87. The molecule has 1 heteroatoms. The number of hydrogen-bond acceptors (Lipinski definition) is 1. The number of nitrogens with two attached hydrogens (primary N) is 1. The molecule has 0 unspecified atom stereocenters. The van der Waals surface area contributed by atoms with Crippen LogP contribution in [-0.2, 0) is 0 Å². The Bertz CT molecular complexity index is 298. The van der Waals surface area contributed by atoms with Gasteiger partial charge in [-0.2, -0.15) is 0 Å². The highest BCUT2D eigenvalue weighted by Gasteiger charge is 2.20. The van der Waals surface area contributed by atoms with Crippen LogP contribution in [0.25, 0.3) is 0 Å². The molecule has 2 rings (SSSR count). The molecule has 1 nitrogen and oxygen atoms in total. The van der Waals surface area contributed by atoms with Crippen LogP contribution in [0, 0.1) is 6.92 Å². The lowest BCUT2D eigenvalue weighted by Gasteiger charge is -2.27. The molecule has 1 fully saturated rings. The third-order valence-corrected chi connectivity index (χ3v) is 3.40. The summed E-state index contributed by atoms with van der Waals surface area (Å²) in [5.74, 6) is 0.760. The lowest BCUT2D eigenvalue weighted by molar-refractivity contribution is 0.395. The number of rotatable bonds is 1. The largest absolute Gasteiger partial charge is 0.328 e. The summed E-state index contributed by atoms with van der Waals surface area (Å²) in [6, 6.07) is 9.21. The molecular formula is C13H19N. The maximum Gasteiger partial charge on any atom is 0.00392 e. The number of benzene rings is 1. The van der Waals surface area contributed by atoms with Crippen molar-refractivity contribution in [2.75, 3.05) is 0 Å². The predicted octanol–water partition coefficient (Wildman–Crippen LogP) is 2.98. The highest BCUT2D eigenvalue weighted by Crippen LogP contribution is 2.33. The lowest BCUT2D eigenvalue weighted by Crippen LogP contribution is -2.25. The van der Waals surface area contributed by atoms with Crippen LogP contribution in [0.3, 0.4) is 0 Å². The standard InChI is InChI=1S/C13H19N/c1-10-4-2-3-5-13(10)11-6-8-12(14)9-7-11/h2-5,11-12H,6-9,14H2,1H3. The van der Waals surface area contributed by atoms with Gasteiger partial charge in [0.25, 0.3) is 0 Å². The maximum absolute atomic E-state index is 5.91. The van der Waals surface area contributed by atoms with E-state index in [1.807, 2.05) is 0 Å². The Balaban J connectivity index is 2.12. The van der Waals surface area contributed by atoms with E-state index in [9.17, 15) is 0 Å². The second-order valence-corrected chi connectivity index (χ2v) is 4.47. The normalized spacial score (nSPS) is 27.6. The minimum Gasteiger partial charge on any atom is -0.328 e. The fraction of sp³-hybridized carbons (Fsp3) is 0.538. The van der Waals surface area contributed by atoms with Crippen molar-refractivity contribution in [2.45, 2.75) is 44.6 Å². The van der Waals surface area contributed by atoms with Crippen molar-refractivity contribution in [3.63, 3.8) is 0 Å². The highest BCUT2D eigenvalue weighted by molar-refractivity contribution is 5.29. The molecule has 0 radical (unpaired) electrons. The topological polar surface area (TPSA) is 26.0 Å². The smallest absolute Gasteiger partial charge is 0.00392 e. The summed E-state index contributed by atoms with van der Waals surface area (Å²) in [6.07, 6.45) is 4.93. The molecule has 1 aromatic rings. The van der Waals surface area contributed by atoms with Crippen LogP contribution in [0.4, 0.5) is 0 Å². The van der Waals surface area contributed by atoms with Crippen LogP contribution in [0.2, 0.25) is 0 Å². The van der Waals surface area contributed by atoms with Gasteiger partial charge in [0.1, 0.15) is 0 Å². The van der Waals surface area contributed by atoms with Gasteiger partial charge in [0.15, 0.2) is 0 Å². The molecule has 0 spiro atoms. The first kappa shape index (κ1) is 9.72. The van der Waals surface area contributed by atoms with Gasteiger partial charge in [-0.3, -0.25) is 0 Å². The predicted molar refractivity (Wildman–Crippen MR) is 60.4 cm³/mol. The summed E-state index contributed by atoms with van der Waals surface area (Å²) in [5, 5.41) is 0. The Morgan fingerprint density at radius 2 is 1.71 bits per heavy atom. The molecular weight excluding hydrogens is 170 g/mol. The van der Waals surface area contributed by atoms with E-state index < -0.39 is 0 Å². The van der Waals surface area contributed by atoms with Gasteiger partial charge in [-0.1, -0.05) is 24.3 Å². The summed E-state index contributed by atoms with van der Waals surface area (Å²) in [5.41, 5.74) is 8.89. The van der Waals surface area contributed by atoms with Crippen LogP contribution in [0.15, 0.2) is 24.3 Å². The SMILES string of the molecule is Cc1ccccc1C1CCC(N)CC1. The summed E-state index contributed by atoms with van der Waals surface area (Å²) in [6.45, 7) is 2.21. The van der Waals surface area contributed by atoms with Gasteiger partial charge in [0.05, 0.1) is 0 Å². The summed E-state index contributed by atoms with van der Waals surface area (Å²) < 4.78 is 0. The van der Waals surface area contributed by atoms with E-state index in [0.717, 1.165) is 5.92 Å². The molecule has 0 amide bonds. The van der Waals surface area contributed by atoms with Gasteiger partial charge in [0.2, 0.25) is 0 Å². The second kappa shape index (κ2) is 4.14. The molecule has 76 valence electrons. The molecule has 0 aromatic heterocycles. The molecule has 1 aliphatic rings. The first-order valence-corrected chi connectivity index (χ1v) is 5.58. The van der Waals surface area contributed by atoms with Gasteiger partial charge >= 0.3 is 0 Å². The first-order chi connectivity index (χ1) is 6.77. The van der Waals surface area contributed by atoms with Gasteiger partial charge < -0.3 is 5.73 Å². The van der Waals surface area contributed by atoms with E-state index in [1.165, 1.54) is 31.2 Å². The van der Waals surface area contributed by atoms with Crippen molar-refractivity contribution >= 4 is 0 Å². The minimum atomic E-state index is 0.454. The van der Waals surface area contributed by atoms with E-state index in [2.05, 4.69) is 31.2 Å². The van der Waals surface area contributed by atoms with Crippen LogP contribution in [-0.4, -0.2) is 6.04 Å². The van der Waals surface area contributed by atoms with Crippen LogP contribution >= 0.6 is 0 Å². The van der Waals surface area contributed by atoms with Gasteiger partial charge in [0, 0.05) is 6.04 Å². The summed E-state index contributed by atoms with van der Waals surface area (Å²) in [4.78, 5) is 0. The molecule has 1 aliphatic carbocycles. The Kier molecular flexibility index (Phi) is 2.87. The second-order valence-electron chi connectivity index (χ2n) is 4.47. The van der Waals surface area contributed by atoms with Gasteiger partial charge in [-0.15, -0.1) is 0 Å². The van der Waals surface area contributed by atoms with Crippen molar-refractivity contribution in [1.82, 2.24) is 0 Å². The lowest BCUT2D eigenvalue weighted by atomic mass is 9.80. The Labute approximate surface area is 86.3 Å². The maximum atomic E-state index is 5.91. The molecule has 0 aliphatic heterocycles. The highest BCUT2D eigenvalue weighted by atomic mass is 14.6. The number of aryl methyl sites for hydroxylation is 1. The molecule has 1 saturated carbocycles. The third-order valence-electron chi connectivity index (χ3n) is 3.40. The zero-order chi connectivity index (χ0) is 9.97. The van der Waals surface area contributed by atoms with E-state index in [4.69, 9.17) is 5.73 Å². The monoisotopic (exact) mass is 189 g/mol. The van der Waals surface area contributed by atoms with E-state index in [-0.39, 0.29) is 0 Å². The summed E-state index contributed by atoms with van der Waals surface area (Å²) >= 11 is 0. The molecule has 0 heterocycles. The summed E-state index contributed by atoms with van der Waals surface area (Å²) in [7, 11) is 0. The van der Waals surface area contributed by atoms with Crippen molar-refractivity contribution in [2.24, 2.45) is 5.73 Å². The zero-order valence-electron chi connectivity index (χ0n) is 8.87. The average Bonchev–Trinajstić information content (AvgIpc) is 2.20. The van der Waals surface area contributed by atoms with Crippen molar-refractivity contribution in [3.8, 4) is 0 Å². The van der Waals surface area contributed by atoms with Crippen molar-refractivity contribution in [1.29, 1.82) is 0 Å². The molecule has 0 bridgehead atoms. The molecule has 2 N–H and O–H groups in total. The Hall–Kier alpha value is -0.820. The molecule has 0 atom stereocenters. The van der Waals surface area contributed by atoms with Gasteiger partial charge in [-0.05, 0) is 49.7 Å². The number of hydrogen-bond donors (Lipinski definition) is 1. The average molecular weight is 189 g/mol. The van der Waals surface area contributed by atoms with E-state index >= 15 is 0 Å². The molecule has 14 heavy (non-hydrogen) atoms. The van der Waals surface area contributed by atoms with Crippen molar-refractivity contribution in [3.05, 3.63) is 35.4 Å². The third kappa shape index (κ3) is 1.98. The quantitative estimate of drug-likeness (QED) is 0.722. The fourth-order valence-electron chi connectivity index (χ4n) is 2.48. The fourth-order valence-corrected chi connectivity index (χ4v) is 2.48.